The lowest BCUT2D eigenvalue weighted by Gasteiger charge is -2.11. The zero-order chi connectivity index (χ0) is 12.6. The van der Waals surface area contributed by atoms with Gasteiger partial charge in [-0.05, 0) is 38.1 Å². The summed E-state index contributed by atoms with van der Waals surface area (Å²) < 4.78 is 1.81. The summed E-state index contributed by atoms with van der Waals surface area (Å²) in [6.45, 7) is 3.71. The van der Waals surface area contributed by atoms with E-state index in [-0.39, 0.29) is 5.75 Å². The highest BCUT2D eigenvalue weighted by molar-refractivity contribution is 6.30. The molecule has 1 heterocycles. The molecule has 1 N–H and O–H groups in total. The van der Waals surface area contributed by atoms with Gasteiger partial charge in [0, 0.05) is 22.0 Å². The van der Waals surface area contributed by atoms with E-state index in [1.165, 1.54) is 6.07 Å². The number of carbonyl (C=O) groups is 1. The Morgan fingerprint density at radius 2 is 2.00 bits per heavy atom. The van der Waals surface area contributed by atoms with Crippen LogP contribution in [0.15, 0.2) is 24.3 Å². The lowest BCUT2D eigenvalue weighted by atomic mass is 10.2. The van der Waals surface area contributed by atoms with Gasteiger partial charge in [0.05, 0.1) is 5.69 Å². The van der Waals surface area contributed by atoms with Crippen molar-refractivity contribution < 1.29 is 9.90 Å². The van der Waals surface area contributed by atoms with Gasteiger partial charge in [-0.15, -0.1) is 0 Å². The minimum absolute atomic E-state index is 0.133. The number of halogens is 1. The van der Waals surface area contributed by atoms with Crippen molar-refractivity contribution in [3.63, 3.8) is 0 Å². The second-order valence-corrected chi connectivity index (χ2v) is 4.35. The smallest absolute Gasteiger partial charge is 0.151 e. The summed E-state index contributed by atoms with van der Waals surface area (Å²) in [5.74, 6) is 0.133. The van der Waals surface area contributed by atoms with Crippen LogP contribution in [-0.2, 0) is 0 Å². The number of hydrogen-bond acceptors (Lipinski definition) is 2. The largest absolute Gasteiger partial charge is 0.506 e. The van der Waals surface area contributed by atoms with Crippen molar-refractivity contribution in [3.05, 3.63) is 46.2 Å². The Kier molecular flexibility index (Phi) is 2.94. The number of rotatable bonds is 2. The minimum Gasteiger partial charge on any atom is -0.506 e. The molecule has 0 atom stereocenters. The number of phenols is 1. The van der Waals surface area contributed by atoms with Crippen LogP contribution in [0.25, 0.3) is 5.69 Å². The standard InChI is InChI=1S/C13H12ClNO2/c1-8-5-10(7-16)9(2)15(8)12-6-11(14)3-4-13(12)17/h3-7,17H,1-2H3. The van der Waals surface area contributed by atoms with Gasteiger partial charge in [0.15, 0.2) is 6.29 Å². The van der Waals surface area contributed by atoms with Crippen LogP contribution in [-0.4, -0.2) is 16.0 Å². The molecule has 0 amide bonds. The first-order valence-electron chi connectivity index (χ1n) is 5.17. The quantitative estimate of drug-likeness (QED) is 0.830. The number of carbonyl (C=O) groups excluding carboxylic acids is 1. The summed E-state index contributed by atoms with van der Waals surface area (Å²) >= 11 is 5.92. The Morgan fingerprint density at radius 3 is 2.59 bits per heavy atom. The molecule has 0 bridgehead atoms. The van der Waals surface area contributed by atoms with Gasteiger partial charge in [-0.1, -0.05) is 11.6 Å². The van der Waals surface area contributed by atoms with Crippen LogP contribution in [0.5, 0.6) is 5.75 Å². The monoisotopic (exact) mass is 249 g/mol. The molecule has 0 spiro atoms. The highest BCUT2D eigenvalue weighted by Gasteiger charge is 2.13. The number of benzene rings is 1. The van der Waals surface area contributed by atoms with E-state index >= 15 is 0 Å². The van der Waals surface area contributed by atoms with Crippen molar-refractivity contribution in [2.45, 2.75) is 13.8 Å². The number of aryl methyl sites for hydroxylation is 1. The molecule has 4 heteroatoms. The average molecular weight is 250 g/mol. The highest BCUT2D eigenvalue weighted by Crippen LogP contribution is 2.29. The molecule has 88 valence electrons. The molecular formula is C13H12ClNO2. The van der Waals surface area contributed by atoms with Gasteiger partial charge in [-0.3, -0.25) is 4.79 Å². The van der Waals surface area contributed by atoms with Crippen LogP contribution in [0, 0.1) is 13.8 Å². The van der Waals surface area contributed by atoms with Gasteiger partial charge in [0.2, 0.25) is 0 Å². The third kappa shape index (κ3) is 1.94. The molecule has 0 saturated carbocycles. The molecule has 0 aliphatic heterocycles. The highest BCUT2D eigenvalue weighted by atomic mass is 35.5. The van der Waals surface area contributed by atoms with Crippen LogP contribution in [0.4, 0.5) is 0 Å². The molecular weight excluding hydrogens is 238 g/mol. The zero-order valence-corrected chi connectivity index (χ0v) is 10.3. The Bertz CT molecular complexity index is 587. The Balaban J connectivity index is 2.72. The normalized spacial score (nSPS) is 10.5. The molecule has 0 aliphatic carbocycles. The summed E-state index contributed by atoms with van der Waals surface area (Å²) in [5, 5.41) is 10.4. The van der Waals surface area contributed by atoms with Crippen LogP contribution in [0.3, 0.4) is 0 Å². The van der Waals surface area contributed by atoms with Gasteiger partial charge in [0.25, 0.3) is 0 Å². The Morgan fingerprint density at radius 1 is 1.29 bits per heavy atom. The van der Waals surface area contributed by atoms with E-state index in [0.29, 0.717) is 16.3 Å². The lowest BCUT2D eigenvalue weighted by molar-refractivity contribution is 0.112. The number of hydrogen-bond donors (Lipinski definition) is 1. The molecule has 2 rings (SSSR count). The number of nitrogens with zero attached hydrogens (tertiary/aromatic N) is 1. The van der Waals surface area contributed by atoms with Crippen molar-refractivity contribution in [3.8, 4) is 11.4 Å². The van der Waals surface area contributed by atoms with E-state index in [0.717, 1.165) is 17.7 Å². The summed E-state index contributed by atoms with van der Waals surface area (Å²) in [4.78, 5) is 10.9. The predicted molar refractivity (Wildman–Crippen MR) is 67.3 cm³/mol. The molecule has 0 saturated heterocycles. The molecule has 0 fully saturated rings. The lowest BCUT2D eigenvalue weighted by Crippen LogP contribution is -2.00. The molecule has 3 nitrogen and oxygen atoms in total. The van der Waals surface area contributed by atoms with E-state index in [1.807, 2.05) is 18.4 Å². The third-order valence-electron chi connectivity index (χ3n) is 2.78. The average Bonchev–Trinajstić information content (AvgIpc) is 2.58. The fraction of sp³-hybridized carbons (Fsp3) is 0.154. The van der Waals surface area contributed by atoms with Gasteiger partial charge < -0.3 is 9.67 Å². The van der Waals surface area contributed by atoms with E-state index in [4.69, 9.17) is 11.6 Å². The van der Waals surface area contributed by atoms with Crippen molar-refractivity contribution in [2.24, 2.45) is 0 Å². The molecule has 0 aliphatic rings. The summed E-state index contributed by atoms with van der Waals surface area (Å²) in [6, 6.07) is 6.61. The van der Waals surface area contributed by atoms with E-state index < -0.39 is 0 Å². The topological polar surface area (TPSA) is 42.2 Å². The van der Waals surface area contributed by atoms with Crippen LogP contribution < -0.4 is 0 Å². The van der Waals surface area contributed by atoms with E-state index in [1.54, 1.807) is 18.2 Å². The zero-order valence-electron chi connectivity index (χ0n) is 9.57. The summed E-state index contributed by atoms with van der Waals surface area (Å²) in [5.41, 5.74) is 2.86. The van der Waals surface area contributed by atoms with Gasteiger partial charge in [-0.2, -0.15) is 0 Å². The maximum absolute atomic E-state index is 10.9. The van der Waals surface area contributed by atoms with Gasteiger partial charge in [-0.25, -0.2) is 0 Å². The number of aromatic hydroxyl groups is 1. The van der Waals surface area contributed by atoms with Crippen LogP contribution in [0.1, 0.15) is 21.7 Å². The van der Waals surface area contributed by atoms with Crippen LogP contribution in [0.2, 0.25) is 5.02 Å². The van der Waals surface area contributed by atoms with Crippen molar-refractivity contribution in [1.82, 2.24) is 4.57 Å². The maximum Gasteiger partial charge on any atom is 0.151 e. The Hall–Kier alpha value is -1.74. The second-order valence-electron chi connectivity index (χ2n) is 3.91. The van der Waals surface area contributed by atoms with Crippen molar-refractivity contribution >= 4 is 17.9 Å². The Labute approximate surface area is 104 Å². The predicted octanol–water partition coefficient (Wildman–Crippen LogP) is 3.27. The molecule has 0 radical (unpaired) electrons. The number of aromatic nitrogens is 1. The SMILES string of the molecule is Cc1cc(C=O)c(C)n1-c1cc(Cl)ccc1O. The van der Waals surface area contributed by atoms with Gasteiger partial charge in [0.1, 0.15) is 5.75 Å². The van der Waals surface area contributed by atoms with Crippen LogP contribution >= 0.6 is 11.6 Å². The van der Waals surface area contributed by atoms with E-state index in [2.05, 4.69) is 0 Å². The van der Waals surface area contributed by atoms with Crippen molar-refractivity contribution in [2.75, 3.05) is 0 Å². The molecule has 0 unspecified atom stereocenters. The maximum atomic E-state index is 10.9. The fourth-order valence-electron chi connectivity index (χ4n) is 1.95. The number of aldehydes is 1. The first-order chi connectivity index (χ1) is 8.04. The number of phenolic OH excluding ortho intramolecular Hbond substituents is 1. The molecule has 2 aromatic rings. The molecule has 1 aromatic carbocycles. The van der Waals surface area contributed by atoms with Crippen molar-refractivity contribution in [1.29, 1.82) is 0 Å². The first kappa shape index (κ1) is 11.7. The van der Waals surface area contributed by atoms with E-state index in [9.17, 15) is 9.90 Å². The third-order valence-corrected chi connectivity index (χ3v) is 3.01. The van der Waals surface area contributed by atoms with Gasteiger partial charge >= 0.3 is 0 Å². The summed E-state index contributed by atoms with van der Waals surface area (Å²) in [7, 11) is 0. The minimum atomic E-state index is 0.133. The molecule has 1 aromatic heterocycles. The fourth-order valence-corrected chi connectivity index (χ4v) is 2.12. The summed E-state index contributed by atoms with van der Waals surface area (Å²) in [6.07, 6.45) is 0.806. The second kappa shape index (κ2) is 4.26. The molecule has 17 heavy (non-hydrogen) atoms. The first-order valence-corrected chi connectivity index (χ1v) is 5.55.